The fraction of sp³-hybridized carbons (Fsp3) is 0.174. The molecule has 7 heteroatoms. The molecule has 0 bridgehead atoms. The summed E-state index contributed by atoms with van der Waals surface area (Å²) in [4.78, 5) is 29.3. The molecule has 0 fully saturated rings. The van der Waals surface area contributed by atoms with E-state index in [0.29, 0.717) is 29.3 Å². The van der Waals surface area contributed by atoms with E-state index in [2.05, 4.69) is 15.6 Å². The van der Waals surface area contributed by atoms with E-state index < -0.39 is 6.10 Å². The number of amides is 2. The molecule has 0 radical (unpaired) electrons. The molecule has 0 unspecified atom stereocenters. The number of anilines is 1. The number of nitrogens with zero attached hydrogens (tertiary/aromatic N) is 1. The molecule has 3 aromatic rings. The third-order valence-electron chi connectivity index (χ3n) is 4.35. The van der Waals surface area contributed by atoms with Gasteiger partial charge in [-0.15, -0.1) is 0 Å². The summed E-state index contributed by atoms with van der Waals surface area (Å²) < 4.78 is 11.0. The van der Waals surface area contributed by atoms with Gasteiger partial charge in [-0.1, -0.05) is 30.3 Å². The lowest BCUT2D eigenvalue weighted by Gasteiger charge is -2.17. The highest BCUT2D eigenvalue weighted by Crippen LogP contribution is 2.27. The van der Waals surface area contributed by atoms with Gasteiger partial charge in [0.15, 0.2) is 17.6 Å². The van der Waals surface area contributed by atoms with Gasteiger partial charge in [-0.25, -0.2) is 0 Å². The first-order valence-electron chi connectivity index (χ1n) is 9.45. The Kier molecular flexibility index (Phi) is 7.00. The van der Waals surface area contributed by atoms with Crippen LogP contribution in [0.25, 0.3) is 0 Å². The van der Waals surface area contributed by atoms with Crippen LogP contribution < -0.4 is 20.1 Å². The van der Waals surface area contributed by atoms with Crippen LogP contribution in [-0.2, 0) is 11.3 Å². The predicted octanol–water partition coefficient (Wildman–Crippen LogP) is 3.43. The molecule has 7 nitrogen and oxygen atoms in total. The summed E-state index contributed by atoms with van der Waals surface area (Å²) in [7, 11) is 1.54. The zero-order chi connectivity index (χ0) is 21.3. The lowest BCUT2D eigenvalue weighted by Crippen LogP contribution is -2.31. The van der Waals surface area contributed by atoms with Crippen molar-refractivity contribution in [3.63, 3.8) is 0 Å². The molecule has 2 N–H and O–H groups in total. The number of carbonyl (C=O) groups excluding carboxylic acids is 2. The number of hydrogen-bond acceptors (Lipinski definition) is 5. The summed E-state index contributed by atoms with van der Waals surface area (Å²) in [6.45, 7) is 1.97. The van der Waals surface area contributed by atoms with E-state index in [0.717, 1.165) is 5.56 Å². The maximum Gasteiger partial charge on any atom is 0.265 e. The summed E-state index contributed by atoms with van der Waals surface area (Å²) in [5, 5.41) is 5.60. The third kappa shape index (κ3) is 5.35. The second-order valence-electron chi connectivity index (χ2n) is 6.49. The smallest absolute Gasteiger partial charge is 0.265 e. The van der Waals surface area contributed by atoms with E-state index >= 15 is 0 Å². The summed E-state index contributed by atoms with van der Waals surface area (Å²) in [5.41, 5.74) is 1.65. The molecule has 1 heterocycles. The normalized spacial score (nSPS) is 11.3. The van der Waals surface area contributed by atoms with E-state index in [1.54, 1.807) is 67.8 Å². The van der Waals surface area contributed by atoms with Crippen molar-refractivity contribution in [3.05, 3.63) is 84.2 Å². The number of hydrogen-bond donors (Lipinski definition) is 2. The van der Waals surface area contributed by atoms with Gasteiger partial charge in [-0.05, 0) is 42.8 Å². The van der Waals surface area contributed by atoms with Crippen LogP contribution >= 0.6 is 0 Å². The highest BCUT2D eigenvalue weighted by atomic mass is 16.5. The summed E-state index contributed by atoms with van der Waals surface area (Å²) in [6.07, 6.45) is 2.56. The highest BCUT2D eigenvalue weighted by Gasteiger charge is 2.19. The second kappa shape index (κ2) is 10.1. The number of benzene rings is 2. The minimum absolute atomic E-state index is 0.298. The van der Waals surface area contributed by atoms with Crippen molar-refractivity contribution in [2.75, 3.05) is 12.4 Å². The molecule has 2 aromatic carbocycles. The Labute approximate surface area is 175 Å². The van der Waals surface area contributed by atoms with Crippen molar-refractivity contribution >= 4 is 17.5 Å². The molecule has 154 valence electrons. The summed E-state index contributed by atoms with van der Waals surface area (Å²) in [5.74, 6) is 0.318. The SMILES string of the molecule is COc1ccccc1O[C@@H](C)C(=O)Nc1ccccc1C(=O)NCc1cccnc1. The first-order chi connectivity index (χ1) is 14.6. The van der Waals surface area contributed by atoms with E-state index in [1.807, 2.05) is 12.1 Å². The van der Waals surface area contributed by atoms with Gasteiger partial charge in [0.1, 0.15) is 0 Å². The Morgan fingerprint density at radius 1 is 1.00 bits per heavy atom. The first kappa shape index (κ1) is 20.9. The van der Waals surface area contributed by atoms with E-state index in [-0.39, 0.29) is 11.8 Å². The predicted molar refractivity (Wildman–Crippen MR) is 114 cm³/mol. The fourth-order valence-electron chi connectivity index (χ4n) is 2.76. The van der Waals surface area contributed by atoms with Crippen molar-refractivity contribution in [1.82, 2.24) is 10.3 Å². The van der Waals surface area contributed by atoms with Gasteiger partial charge in [-0.3, -0.25) is 14.6 Å². The lowest BCUT2D eigenvalue weighted by atomic mass is 10.1. The van der Waals surface area contributed by atoms with E-state index in [9.17, 15) is 9.59 Å². The minimum atomic E-state index is -0.798. The monoisotopic (exact) mass is 405 g/mol. The Bertz CT molecular complexity index is 1010. The van der Waals surface area contributed by atoms with Crippen LogP contribution in [0.3, 0.4) is 0 Å². The van der Waals surface area contributed by atoms with Gasteiger partial charge in [0, 0.05) is 18.9 Å². The Morgan fingerprint density at radius 2 is 1.73 bits per heavy atom. The topological polar surface area (TPSA) is 89.5 Å². The third-order valence-corrected chi connectivity index (χ3v) is 4.35. The van der Waals surface area contributed by atoms with Gasteiger partial charge >= 0.3 is 0 Å². The van der Waals surface area contributed by atoms with E-state index in [4.69, 9.17) is 9.47 Å². The van der Waals surface area contributed by atoms with Crippen LogP contribution in [0.5, 0.6) is 11.5 Å². The first-order valence-corrected chi connectivity index (χ1v) is 9.45. The molecule has 0 spiro atoms. The number of rotatable bonds is 8. The molecule has 0 saturated heterocycles. The quantitative estimate of drug-likeness (QED) is 0.599. The number of aromatic nitrogens is 1. The zero-order valence-electron chi connectivity index (χ0n) is 16.8. The van der Waals surface area contributed by atoms with Gasteiger partial charge < -0.3 is 20.1 Å². The molecule has 1 aromatic heterocycles. The molecule has 3 rings (SSSR count). The van der Waals surface area contributed by atoms with Crippen molar-refractivity contribution in [2.24, 2.45) is 0 Å². The maximum atomic E-state index is 12.7. The molecule has 0 aliphatic heterocycles. The van der Waals surface area contributed by atoms with Crippen LogP contribution in [0.1, 0.15) is 22.8 Å². The van der Waals surface area contributed by atoms with Crippen molar-refractivity contribution in [2.45, 2.75) is 19.6 Å². The van der Waals surface area contributed by atoms with Crippen LogP contribution in [0.15, 0.2) is 73.1 Å². The molecule has 1 atom stereocenters. The molecule has 0 saturated carbocycles. The number of nitrogens with one attached hydrogen (secondary N) is 2. The lowest BCUT2D eigenvalue weighted by molar-refractivity contribution is -0.122. The van der Waals surface area contributed by atoms with Gasteiger partial charge in [0.25, 0.3) is 11.8 Å². The fourth-order valence-corrected chi connectivity index (χ4v) is 2.76. The molecule has 2 amide bonds. The molecular formula is C23H23N3O4. The standard InChI is InChI=1S/C23H23N3O4/c1-16(30-21-12-6-5-11-20(21)29-2)22(27)26-19-10-4-3-9-18(19)23(28)25-15-17-8-7-13-24-14-17/h3-14,16H,15H2,1-2H3,(H,25,28)(H,26,27)/t16-/m0/s1. The molecule has 0 aliphatic rings. The van der Waals surface area contributed by atoms with E-state index in [1.165, 1.54) is 7.11 Å². The van der Waals surface area contributed by atoms with Crippen LogP contribution in [0, 0.1) is 0 Å². The average Bonchev–Trinajstić information content (AvgIpc) is 2.78. The number of carbonyl (C=O) groups is 2. The average molecular weight is 405 g/mol. The highest BCUT2D eigenvalue weighted by molar-refractivity contribution is 6.04. The van der Waals surface area contributed by atoms with Crippen LogP contribution in [0.2, 0.25) is 0 Å². The number of pyridine rings is 1. The van der Waals surface area contributed by atoms with Crippen molar-refractivity contribution < 1.29 is 19.1 Å². The zero-order valence-corrected chi connectivity index (χ0v) is 16.8. The van der Waals surface area contributed by atoms with Crippen LogP contribution in [0.4, 0.5) is 5.69 Å². The van der Waals surface area contributed by atoms with Gasteiger partial charge in [0.2, 0.25) is 0 Å². The van der Waals surface area contributed by atoms with Crippen molar-refractivity contribution in [3.8, 4) is 11.5 Å². The number of para-hydroxylation sites is 3. The Morgan fingerprint density at radius 3 is 2.47 bits per heavy atom. The summed E-state index contributed by atoms with van der Waals surface area (Å²) >= 11 is 0. The number of ether oxygens (including phenoxy) is 2. The molecular weight excluding hydrogens is 382 g/mol. The largest absolute Gasteiger partial charge is 0.493 e. The van der Waals surface area contributed by atoms with Gasteiger partial charge in [0.05, 0.1) is 18.4 Å². The van der Waals surface area contributed by atoms with Crippen molar-refractivity contribution in [1.29, 1.82) is 0 Å². The molecule has 0 aliphatic carbocycles. The maximum absolute atomic E-state index is 12.7. The number of methoxy groups -OCH3 is 1. The van der Waals surface area contributed by atoms with Gasteiger partial charge in [-0.2, -0.15) is 0 Å². The van der Waals surface area contributed by atoms with Crippen LogP contribution in [-0.4, -0.2) is 30.0 Å². The Balaban J connectivity index is 1.66. The molecule has 30 heavy (non-hydrogen) atoms. The summed E-state index contributed by atoms with van der Waals surface area (Å²) in [6, 6.07) is 17.6. The minimum Gasteiger partial charge on any atom is -0.493 e. The second-order valence-corrected chi connectivity index (χ2v) is 6.49. The Hall–Kier alpha value is -3.87.